The molecule has 0 aliphatic heterocycles. The first-order chi connectivity index (χ1) is 8.29. The van der Waals surface area contributed by atoms with Crippen molar-refractivity contribution in [2.45, 2.75) is 36.9 Å². The zero-order valence-corrected chi connectivity index (χ0v) is 9.46. The molecule has 9 heteroatoms. The Labute approximate surface area is 102 Å². The molecule has 0 saturated carbocycles. The topological polar surface area (TPSA) is 168 Å². The lowest BCUT2D eigenvalue weighted by Gasteiger charge is -2.26. The molecule has 9 nitrogen and oxygen atoms in total. The number of hydrogen-bond acceptors (Lipinski definition) is 8. The molecule has 0 fully saturated rings. The third-order valence-corrected chi connectivity index (χ3v) is 2.24. The van der Waals surface area contributed by atoms with E-state index in [9.17, 15) is 25.2 Å². The van der Waals surface area contributed by atoms with Gasteiger partial charge in [-0.2, -0.15) is 0 Å². The summed E-state index contributed by atoms with van der Waals surface area (Å²) in [5.41, 5.74) is 0. The van der Waals surface area contributed by atoms with Gasteiger partial charge in [-0.3, -0.25) is 0 Å². The van der Waals surface area contributed by atoms with Crippen molar-refractivity contribution in [3.8, 4) is 0 Å². The molecular weight excluding hydrogens is 252 g/mol. The van der Waals surface area contributed by atoms with Crippen molar-refractivity contribution in [2.75, 3.05) is 13.2 Å². The minimum Gasteiger partial charge on any atom is -0.450 e. The molecule has 0 aliphatic rings. The Kier molecular flexibility index (Phi) is 7.75. The Morgan fingerprint density at radius 3 is 1.94 bits per heavy atom. The Morgan fingerprint density at radius 1 is 1.00 bits per heavy atom. The molecule has 0 aliphatic carbocycles. The van der Waals surface area contributed by atoms with Crippen molar-refractivity contribution in [2.24, 2.45) is 0 Å². The van der Waals surface area contributed by atoms with Crippen LogP contribution in [0, 0.1) is 0 Å². The van der Waals surface area contributed by atoms with Crippen LogP contribution in [-0.4, -0.2) is 85.6 Å². The van der Waals surface area contributed by atoms with E-state index in [1.807, 2.05) is 0 Å². The van der Waals surface area contributed by atoms with Crippen molar-refractivity contribution < 1.29 is 45.3 Å². The molecule has 5 unspecified atom stereocenters. The normalized spacial score (nSPS) is 19.7. The summed E-state index contributed by atoms with van der Waals surface area (Å²) >= 11 is 0. The second kappa shape index (κ2) is 8.19. The van der Waals surface area contributed by atoms with Crippen LogP contribution in [0.1, 0.15) is 6.42 Å². The largest absolute Gasteiger partial charge is 0.505 e. The van der Waals surface area contributed by atoms with Crippen LogP contribution < -0.4 is 0 Å². The first-order valence-corrected chi connectivity index (χ1v) is 5.16. The van der Waals surface area contributed by atoms with Gasteiger partial charge in [0.25, 0.3) is 0 Å². The van der Waals surface area contributed by atoms with Gasteiger partial charge >= 0.3 is 6.16 Å². The van der Waals surface area contributed by atoms with Crippen molar-refractivity contribution >= 4 is 6.16 Å². The quantitative estimate of drug-likeness (QED) is 0.225. The third kappa shape index (κ3) is 6.10. The van der Waals surface area contributed by atoms with Crippen LogP contribution in [0.2, 0.25) is 0 Å². The van der Waals surface area contributed by atoms with Gasteiger partial charge in [-0.05, 0) is 0 Å². The molecule has 0 radical (unpaired) electrons. The fraction of sp³-hybridized carbons (Fsp3) is 0.889. The lowest BCUT2D eigenvalue weighted by molar-refractivity contribution is -0.123. The number of aliphatic hydroxyl groups is 6. The molecular formula is C9H18O9. The minimum atomic E-state index is -1.80. The maximum absolute atomic E-state index is 10.0. The standard InChI is InChI=1S/C9H18O9/c10-2-6(13)8(15)7(14)5(12)1-4(11)3-18-9(16)17/h4-8,10-15H,1-3H2,(H,16,17). The van der Waals surface area contributed by atoms with E-state index in [2.05, 4.69) is 4.74 Å². The predicted octanol–water partition coefficient (Wildman–Crippen LogP) is -3.13. The second-order valence-corrected chi connectivity index (χ2v) is 3.76. The third-order valence-electron chi connectivity index (χ3n) is 2.24. The zero-order chi connectivity index (χ0) is 14.3. The summed E-state index contributed by atoms with van der Waals surface area (Å²) in [4.78, 5) is 10.0. The van der Waals surface area contributed by atoms with Crippen LogP contribution in [0.5, 0.6) is 0 Å². The number of ether oxygens (including phenoxy) is 1. The van der Waals surface area contributed by atoms with Gasteiger partial charge in [0, 0.05) is 6.42 Å². The average molecular weight is 270 g/mol. The molecule has 0 aromatic heterocycles. The van der Waals surface area contributed by atoms with Crippen molar-refractivity contribution in [3.63, 3.8) is 0 Å². The number of carboxylic acid groups (broad SMARTS) is 1. The van der Waals surface area contributed by atoms with Crippen LogP contribution in [0.15, 0.2) is 0 Å². The molecule has 0 heterocycles. The highest BCUT2D eigenvalue weighted by molar-refractivity contribution is 5.56. The van der Waals surface area contributed by atoms with E-state index < -0.39 is 56.3 Å². The fourth-order valence-corrected chi connectivity index (χ4v) is 1.22. The highest BCUT2D eigenvalue weighted by Gasteiger charge is 2.31. The summed E-state index contributed by atoms with van der Waals surface area (Å²) in [6.45, 7) is -1.41. The van der Waals surface area contributed by atoms with Gasteiger partial charge in [0.05, 0.1) is 18.8 Å². The first kappa shape index (κ1) is 17.0. The average Bonchev–Trinajstić information content (AvgIpc) is 2.33. The Bertz CT molecular complexity index is 246. The van der Waals surface area contributed by atoms with Crippen molar-refractivity contribution in [1.82, 2.24) is 0 Å². The summed E-state index contributed by atoms with van der Waals surface area (Å²) in [7, 11) is 0. The lowest BCUT2D eigenvalue weighted by atomic mass is 9.99. The summed E-state index contributed by atoms with van der Waals surface area (Å²) in [5, 5.41) is 63.0. The van der Waals surface area contributed by atoms with E-state index in [0.717, 1.165) is 0 Å². The monoisotopic (exact) mass is 270 g/mol. The first-order valence-electron chi connectivity index (χ1n) is 5.16. The van der Waals surface area contributed by atoms with Crippen LogP contribution in [0.25, 0.3) is 0 Å². The van der Waals surface area contributed by atoms with E-state index in [4.69, 9.17) is 15.3 Å². The molecule has 5 atom stereocenters. The van der Waals surface area contributed by atoms with Gasteiger partial charge < -0.3 is 40.5 Å². The molecule has 108 valence electrons. The molecule has 0 aromatic rings. The molecule has 0 saturated heterocycles. The van der Waals surface area contributed by atoms with Gasteiger partial charge in [-0.25, -0.2) is 4.79 Å². The van der Waals surface area contributed by atoms with Crippen LogP contribution in [-0.2, 0) is 4.74 Å². The summed E-state index contributed by atoms with van der Waals surface area (Å²) in [6, 6.07) is 0. The van der Waals surface area contributed by atoms with E-state index in [1.165, 1.54) is 0 Å². The number of aliphatic hydroxyl groups excluding tert-OH is 6. The van der Waals surface area contributed by atoms with E-state index >= 15 is 0 Å². The fourth-order valence-electron chi connectivity index (χ4n) is 1.22. The smallest absolute Gasteiger partial charge is 0.450 e. The Hall–Kier alpha value is -0.970. The summed E-state index contributed by atoms with van der Waals surface area (Å²) in [6.07, 6.45) is -10.3. The molecule has 7 N–H and O–H groups in total. The van der Waals surface area contributed by atoms with Crippen molar-refractivity contribution in [3.05, 3.63) is 0 Å². The minimum absolute atomic E-state index is 0.469. The van der Waals surface area contributed by atoms with E-state index in [1.54, 1.807) is 0 Å². The maximum Gasteiger partial charge on any atom is 0.505 e. The van der Waals surface area contributed by atoms with Gasteiger partial charge in [0.15, 0.2) is 0 Å². The SMILES string of the molecule is O=C(O)OCC(O)CC(O)C(O)C(O)C(O)CO. The number of rotatable bonds is 8. The zero-order valence-electron chi connectivity index (χ0n) is 9.46. The second-order valence-electron chi connectivity index (χ2n) is 3.76. The molecule has 0 bridgehead atoms. The van der Waals surface area contributed by atoms with Crippen LogP contribution in [0.4, 0.5) is 4.79 Å². The summed E-state index contributed by atoms with van der Waals surface area (Å²) < 4.78 is 4.04. The highest BCUT2D eigenvalue weighted by Crippen LogP contribution is 2.10. The molecule has 0 rings (SSSR count). The van der Waals surface area contributed by atoms with Gasteiger partial charge in [0.2, 0.25) is 0 Å². The number of hydrogen-bond donors (Lipinski definition) is 7. The molecule has 0 spiro atoms. The predicted molar refractivity (Wildman–Crippen MR) is 55.7 cm³/mol. The molecule has 0 aromatic carbocycles. The Balaban J connectivity index is 4.13. The lowest BCUT2D eigenvalue weighted by Crippen LogP contribution is -2.47. The molecule has 0 amide bonds. The van der Waals surface area contributed by atoms with Crippen LogP contribution in [0.3, 0.4) is 0 Å². The van der Waals surface area contributed by atoms with E-state index in [0.29, 0.717) is 0 Å². The molecule has 18 heavy (non-hydrogen) atoms. The maximum atomic E-state index is 10.0. The Morgan fingerprint density at radius 2 is 1.50 bits per heavy atom. The van der Waals surface area contributed by atoms with Crippen LogP contribution >= 0.6 is 0 Å². The van der Waals surface area contributed by atoms with Gasteiger partial charge in [0.1, 0.15) is 24.9 Å². The van der Waals surface area contributed by atoms with E-state index in [-0.39, 0.29) is 0 Å². The highest BCUT2D eigenvalue weighted by atomic mass is 16.7. The van der Waals surface area contributed by atoms with Gasteiger partial charge in [-0.1, -0.05) is 0 Å². The van der Waals surface area contributed by atoms with Crippen molar-refractivity contribution in [1.29, 1.82) is 0 Å². The van der Waals surface area contributed by atoms with Gasteiger partial charge in [-0.15, -0.1) is 0 Å². The number of carbonyl (C=O) groups is 1. The summed E-state index contributed by atoms with van der Waals surface area (Å²) in [5.74, 6) is 0.